The third-order valence-electron chi connectivity index (χ3n) is 4.64. The predicted molar refractivity (Wildman–Crippen MR) is 95.6 cm³/mol. The first-order valence-electron chi connectivity index (χ1n) is 8.66. The summed E-state index contributed by atoms with van der Waals surface area (Å²) in [6.07, 6.45) is 4.69. The van der Waals surface area contributed by atoms with Crippen molar-refractivity contribution in [3.8, 4) is 6.07 Å². The summed E-state index contributed by atoms with van der Waals surface area (Å²) in [7, 11) is 0. The molecule has 3 rings (SSSR count). The second-order valence-electron chi connectivity index (χ2n) is 6.43. The van der Waals surface area contributed by atoms with Crippen LogP contribution in [-0.4, -0.2) is 29.0 Å². The molecule has 0 spiro atoms. The average molecular weight is 334 g/mol. The highest BCUT2D eigenvalue weighted by atomic mass is 16.2. The van der Waals surface area contributed by atoms with Gasteiger partial charge in [0.2, 0.25) is 0 Å². The normalized spacial score (nSPS) is 14.8. The molecule has 0 saturated carbocycles. The maximum absolute atomic E-state index is 12.3. The number of nitrogens with one attached hydrogen (secondary N) is 1. The van der Waals surface area contributed by atoms with Gasteiger partial charge in [-0.2, -0.15) is 5.26 Å². The van der Waals surface area contributed by atoms with Crippen LogP contribution in [0, 0.1) is 17.2 Å². The van der Waals surface area contributed by atoms with Gasteiger partial charge in [-0.1, -0.05) is 30.3 Å². The minimum atomic E-state index is -0.0377. The molecule has 0 atom stereocenters. The van der Waals surface area contributed by atoms with E-state index in [4.69, 9.17) is 5.26 Å². The van der Waals surface area contributed by atoms with E-state index in [1.54, 1.807) is 12.1 Å². The molecule has 2 aromatic rings. The Morgan fingerprint density at radius 3 is 2.60 bits per heavy atom. The van der Waals surface area contributed by atoms with Crippen molar-refractivity contribution in [2.24, 2.45) is 5.92 Å². The quantitative estimate of drug-likeness (QED) is 0.934. The van der Waals surface area contributed by atoms with Gasteiger partial charge in [0.05, 0.1) is 17.8 Å². The number of carbonyl (C=O) groups is 1. The van der Waals surface area contributed by atoms with Crippen molar-refractivity contribution < 1.29 is 4.79 Å². The van der Waals surface area contributed by atoms with Crippen molar-refractivity contribution >= 4 is 6.03 Å². The zero-order chi connectivity index (χ0) is 17.5. The number of aromatic nitrogens is 1. The zero-order valence-electron chi connectivity index (χ0n) is 14.2. The molecular weight excluding hydrogens is 312 g/mol. The first kappa shape index (κ1) is 17.0. The van der Waals surface area contributed by atoms with Crippen LogP contribution in [0.3, 0.4) is 0 Å². The van der Waals surface area contributed by atoms with Gasteiger partial charge in [-0.15, -0.1) is 0 Å². The summed E-state index contributed by atoms with van der Waals surface area (Å²) in [5.41, 5.74) is 2.65. The number of benzene rings is 1. The molecule has 0 unspecified atom stereocenters. The topological polar surface area (TPSA) is 69.0 Å². The Morgan fingerprint density at radius 1 is 1.20 bits per heavy atom. The molecular formula is C20H22N4O. The monoisotopic (exact) mass is 334 g/mol. The molecule has 1 aromatic carbocycles. The minimum Gasteiger partial charge on any atom is -0.332 e. The summed E-state index contributed by atoms with van der Waals surface area (Å²) in [6.45, 7) is 1.97. The summed E-state index contributed by atoms with van der Waals surface area (Å²) in [5.74, 6) is 0.645. The van der Waals surface area contributed by atoms with Crippen LogP contribution in [0.1, 0.15) is 29.7 Å². The van der Waals surface area contributed by atoms with Crippen molar-refractivity contribution in [1.82, 2.24) is 15.2 Å². The van der Waals surface area contributed by atoms with Crippen molar-refractivity contribution in [3.63, 3.8) is 0 Å². The van der Waals surface area contributed by atoms with E-state index in [1.807, 2.05) is 17.0 Å². The highest BCUT2D eigenvalue weighted by Crippen LogP contribution is 2.21. The summed E-state index contributed by atoms with van der Waals surface area (Å²) in [6, 6.07) is 16.0. The highest BCUT2D eigenvalue weighted by Gasteiger charge is 2.22. The second-order valence-corrected chi connectivity index (χ2v) is 6.43. The highest BCUT2D eigenvalue weighted by molar-refractivity contribution is 5.74. The number of nitriles is 1. The van der Waals surface area contributed by atoms with Gasteiger partial charge in [0.1, 0.15) is 6.07 Å². The first-order valence-corrected chi connectivity index (χ1v) is 8.66. The summed E-state index contributed by atoms with van der Waals surface area (Å²) >= 11 is 0. The average Bonchev–Trinajstić information content (AvgIpc) is 2.68. The molecule has 1 aliphatic heterocycles. The number of amides is 2. The molecule has 5 nitrogen and oxygen atoms in total. The van der Waals surface area contributed by atoms with E-state index in [2.05, 4.69) is 34.6 Å². The molecule has 1 aliphatic rings. The van der Waals surface area contributed by atoms with Crippen LogP contribution >= 0.6 is 0 Å². The lowest BCUT2D eigenvalue weighted by Crippen LogP contribution is -2.44. The molecule has 128 valence electrons. The van der Waals surface area contributed by atoms with Gasteiger partial charge in [0.25, 0.3) is 0 Å². The smallest absolute Gasteiger partial charge is 0.317 e. The van der Waals surface area contributed by atoms with Gasteiger partial charge in [0, 0.05) is 19.3 Å². The first-order chi connectivity index (χ1) is 12.2. The number of pyridine rings is 1. The number of piperidine rings is 1. The van der Waals surface area contributed by atoms with Crippen molar-refractivity contribution in [3.05, 3.63) is 65.5 Å². The van der Waals surface area contributed by atoms with Crippen LogP contribution in [0.15, 0.2) is 48.7 Å². The Bertz CT molecular complexity index is 729. The van der Waals surface area contributed by atoms with E-state index in [0.717, 1.165) is 38.0 Å². The third-order valence-corrected chi connectivity index (χ3v) is 4.64. The van der Waals surface area contributed by atoms with E-state index in [1.165, 1.54) is 11.8 Å². The van der Waals surface area contributed by atoms with E-state index >= 15 is 0 Å². The maximum Gasteiger partial charge on any atom is 0.317 e. The van der Waals surface area contributed by atoms with Crippen LogP contribution < -0.4 is 5.32 Å². The number of rotatable bonds is 4. The Hall–Kier alpha value is -2.87. The van der Waals surface area contributed by atoms with E-state index in [9.17, 15) is 4.79 Å². The second kappa shape index (κ2) is 8.29. The minimum absolute atomic E-state index is 0.0377. The van der Waals surface area contributed by atoms with Gasteiger partial charge >= 0.3 is 6.03 Å². The number of hydrogen-bond acceptors (Lipinski definition) is 3. The lowest BCUT2D eigenvalue weighted by atomic mass is 9.90. The van der Waals surface area contributed by atoms with Crippen molar-refractivity contribution in [2.75, 3.05) is 13.1 Å². The standard InChI is InChI=1S/C20H22N4O/c21-13-18-6-7-19(22-14-18)15-23-20(25)24-10-8-17(9-11-24)12-16-4-2-1-3-5-16/h1-7,14,17H,8-12,15H2,(H,23,25). The molecule has 5 heteroatoms. The summed E-state index contributed by atoms with van der Waals surface area (Å²) in [4.78, 5) is 18.3. The van der Waals surface area contributed by atoms with Gasteiger partial charge in [-0.05, 0) is 42.9 Å². The molecule has 1 saturated heterocycles. The van der Waals surface area contributed by atoms with Crippen LogP contribution in [0.5, 0.6) is 0 Å². The van der Waals surface area contributed by atoms with Crippen LogP contribution in [0.4, 0.5) is 4.79 Å². The van der Waals surface area contributed by atoms with Crippen LogP contribution in [0.2, 0.25) is 0 Å². The van der Waals surface area contributed by atoms with Crippen molar-refractivity contribution in [2.45, 2.75) is 25.8 Å². The number of likely N-dealkylation sites (tertiary alicyclic amines) is 1. The largest absolute Gasteiger partial charge is 0.332 e. The molecule has 0 radical (unpaired) electrons. The zero-order valence-corrected chi connectivity index (χ0v) is 14.2. The molecule has 0 aliphatic carbocycles. The van der Waals surface area contributed by atoms with Gasteiger partial charge in [-0.25, -0.2) is 4.79 Å². The Morgan fingerprint density at radius 2 is 1.96 bits per heavy atom. The molecule has 1 fully saturated rings. The summed E-state index contributed by atoms with van der Waals surface area (Å²) in [5, 5.41) is 11.7. The van der Waals surface area contributed by atoms with E-state index < -0.39 is 0 Å². The van der Waals surface area contributed by atoms with Gasteiger partial charge in [-0.3, -0.25) is 4.98 Å². The summed E-state index contributed by atoms with van der Waals surface area (Å²) < 4.78 is 0. The number of urea groups is 1. The molecule has 0 bridgehead atoms. The lowest BCUT2D eigenvalue weighted by Gasteiger charge is -2.32. The van der Waals surface area contributed by atoms with Gasteiger partial charge in [0.15, 0.2) is 0 Å². The van der Waals surface area contributed by atoms with E-state index in [-0.39, 0.29) is 6.03 Å². The molecule has 25 heavy (non-hydrogen) atoms. The van der Waals surface area contributed by atoms with Crippen molar-refractivity contribution in [1.29, 1.82) is 5.26 Å². The maximum atomic E-state index is 12.3. The Labute approximate surface area is 148 Å². The number of hydrogen-bond donors (Lipinski definition) is 1. The fourth-order valence-electron chi connectivity index (χ4n) is 3.16. The third kappa shape index (κ3) is 4.80. The van der Waals surface area contributed by atoms with Crippen LogP contribution in [-0.2, 0) is 13.0 Å². The number of nitrogens with zero attached hydrogens (tertiary/aromatic N) is 3. The predicted octanol–water partition coefficient (Wildman–Crippen LogP) is 3.12. The van der Waals surface area contributed by atoms with E-state index in [0.29, 0.717) is 18.0 Å². The molecule has 2 heterocycles. The Kier molecular flexibility index (Phi) is 5.63. The fraction of sp³-hybridized carbons (Fsp3) is 0.350. The van der Waals surface area contributed by atoms with Crippen LogP contribution in [0.25, 0.3) is 0 Å². The molecule has 2 amide bonds. The Balaban J connectivity index is 1.42. The molecule has 1 aromatic heterocycles. The molecule has 1 N–H and O–H groups in total. The lowest BCUT2D eigenvalue weighted by molar-refractivity contribution is 0.170. The SMILES string of the molecule is N#Cc1ccc(CNC(=O)N2CCC(Cc3ccccc3)CC2)nc1. The number of carbonyl (C=O) groups excluding carboxylic acids is 1. The fourth-order valence-corrected chi connectivity index (χ4v) is 3.16. The van der Waals surface area contributed by atoms with Gasteiger partial charge < -0.3 is 10.2 Å².